The van der Waals surface area contributed by atoms with Gasteiger partial charge in [0.1, 0.15) is 0 Å². The molecule has 20 heavy (non-hydrogen) atoms. The summed E-state index contributed by atoms with van der Waals surface area (Å²) in [7, 11) is 1.64. The largest absolute Gasteiger partial charge is 0.336 e. The molecule has 0 radical (unpaired) electrons. The van der Waals surface area contributed by atoms with Crippen molar-refractivity contribution >= 4 is 45.0 Å². The number of nitrogens with zero attached hydrogens (tertiary/aromatic N) is 1. The van der Waals surface area contributed by atoms with Crippen LogP contribution in [0.15, 0.2) is 24.3 Å². The quantitative estimate of drug-likeness (QED) is 0.598. The van der Waals surface area contributed by atoms with E-state index in [4.69, 9.17) is 11.6 Å². The first-order chi connectivity index (χ1) is 9.52. The topological polar surface area (TPSA) is 49.4 Å². The molecule has 4 nitrogen and oxygen atoms in total. The van der Waals surface area contributed by atoms with Crippen molar-refractivity contribution in [2.45, 2.75) is 19.3 Å². The minimum Gasteiger partial charge on any atom is -0.336 e. The van der Waals surface area contributed by atoms with Gasteiger partial charge >= 0.3 is 0 Å². The van der Waals surface area contributed by atoms with Gasteiger partial charge in [-0.25, -0.2) is 0 Å². The molecule has 0 unspecified atom stereocenters. The van der Waals surface area contributed by atoms with Crippen LogP contribution in [0.3, 0.4) is 0 Å². The zero-order valence-electron chi connectivity index (χ0n) is 11.4. The van der Waals surface area contributed by atoms with Gasteiger partial charge in [-0.05, 0) is 37.1 Å². The maximum atomic E-state index is 11.8. The van der Waals surface area contributed by atoms with Gasteiger partial charge < -0.3 is 10.2 Å². The van der Waals surface area contributed by atoms with Crippen molar-refractivity contribution in [1.82, 2.24) is 4.90 Å². The molecule has 0 atom stereocenters. The fourth-order valence-corrected chi connectivity index (χ4v) is 2.12. The molecule has 0 bridgehead atoms. The van der Waals surface area contributed by atoms with Crippen LogP contribution in [-0.2, 0) is 9.59 Å². The number of benzene rings is 1. The Labute approximate surface area is 132 Å². The number of alkyl halides is 1. The highest BCUT2D eigenvalue weighted by Gasteiger charge is 2.12. The van der Waals surface area contributed by atoms with E-state index in [1.165, 1.54) is 4.90 Å². The van der Waals surface area contributed by atoms with E-state index in [0.717, 1.165) is 18.2 Å². The summed E-state index contributed by atoms with van der Waals surface area (Å²) in [6.07, 6.45) is 2.25. The zero-order valence-corrected chi connectivity index (χ0v) is 13.7. The Morgan fingerprint density at radius 2 is 1.90 bits per heavy atom. The molecule has 0 heterocycles. The van der Waals surface area contributed by atoms with Gasteiger partial charge in [-0.3, -0.25) is 9.59 Å². The number of carbonyl (C=O) groups excluding carboxylic acids is 2. The maximum absolute atomic E-state index is 11.8. The monoisotopic (exact) mass is 360 g/mol. The summed E-state index contributed by atoms with van der Waals surface area (Å²) in [5.41, 5.74) is 0.666. The van der Waals surface area contributed by atoms with Crippen LogP contribution >= 0.6 is 27.5 Å². The van der Waals surface area contributed by atoms with E-state index in [9.17, 15) is 9.59 Å². The number of hydrogen-bond acceptors (Lipinski definition) is 2. The number of anilines is 1. The van der Waals surface area contributed by atoms with Crippen molar-refractivity contribution < 1.29 is 9.59 Å². The van der Waals surface area contributed by atoms with E-state index in [0.29, 0.717) is 17.1 Å². The third-order valence-electron chi connectivity index (χ3n) is 2.71. The molecule has 0 spiro atoms. The Hall–Kier alpha value is -1.07. The molecule has 1 N–H and O–H groups in total. The third-order valence-corrected chi connectivity index (χ3v) is 3.52. The van der Waals surface area contributed by atoms with Crippen LogP contribution in [0.5, 0.6) is 0 Å². The summed E-state index contributed by atoms with van der Waals surface area (Å²) in [4.78, 5) is 25.0. The first kappa shape index (κ1) is 17.0. The minimum atomic E-state index is -0.219. The Morgan fingerprint density at radius 3 is 2.50 bits per heavy atom. The van der Waals surface area contributed by atoms with Crippen molar-refractivity contribution in [3.8, 4) is 0 Å². The molecule has 2 amide bonds. The van der Waals surface area contributed by atoms with Gasteiger partial charge in [0.15, 0.2) is 0 Å². The summed E-state index contributed by atoms with van der Waals surface area (Å²) < 4.78 is 0. The number of halogens is 2. The lowest BCUT2D eigenvalue weighted by molar-refractivity contribution is -0.133. The molecule has 1 rings (SSSR count). The SMILES string of the molecule is CN(CC(=O)Nc1ccc(Cl)cc1)C(=O)CCCCBr. The molecule has 0 saturated carbocycles. The van der Waals surface area contributed by atoms with E-state index in [1.807, 2.05) is 0 Å². The first-order valence-electron chi connectivity index (χ1n) is 6.38. The summed E-state index contributed by atoms with van der Waals surface area (Å²) in [6, 6.07) is 6.84. The standard InChI is InChI=1S/C14H18BrClN2O2/c1-18(14(20)4-2-3-9-15)10-13(19)17-12-7-5-11(16)6-8-12/h5-8H,2-4,9-10H2,1H3,(H,17,19). The molecule has 1 aromatic carbocycles. The van der Waals surface area contributed by atoms with Crippen molar-refractivity contribution in [3.63, 3.8) is 0 Å². The molecule has 0 fully saturated rings. The average Bonchev–Trinajstić information content (AvgIpc) is 2.41. The molecule has 1 aromatic rings. The summed E-state index contributed by atoms with van der Waals surface area (Å²) in [5, 5.41) is 4.23. The lowest BCUT2D eigenvalue weighted by Gasteiger charge is -2.16. The second kappa shape index (κ2) is 8.97. The lowest BCUT2D eigenvalue weighted by Crippen LogP contribution is -2.34. The predicted octanol–water partition coefficient (Wildman–Crippen LogP) is 3.30. The van der Waals surface area contributed by atoms with Gasteiger partial charge in [-0.15, -0.1) is 0 Å². The Balaban J connectivity index is 2.37. The molecule has 0 aliphatic carbocycles. The molecule has 6 heteroatoms. The van der Waals surface area contributed by atoms with Crippen molar-refractivity contribution in [2.24, 2.45) is 0 Å². The average molecular weight is 362 g/mol. The van der Waals surface area contributed by atoms with Gasteiger partial charge in [0.25, 0.3) is 0 Å². The number of hydrogen-bond donors (Lipinski definition) is 1. The zero-order chi connectivity index (χ0) is 15.0. The maximum Gasteiger partial charge on any atom is 0.243 e. The number of carbonyl (C=O) groups is 2. The van der Waals surface area contributed by atoms with Crippen molar-refractivity contribution in [1.29, 1.82) is 0 Å². The number of nitrogens with one attached hydrogen (secondary N) is 1. The number of rotatable bonds is 7. The van der Waals surface area contributed by atoms with Crippen molar-refractivity contribution in [2.75, 3.05) is 24.2 Å². The third kappa shape index (κ3) is 6.39. The molecule has 0 aliphatic rings. The Kier molecular flexibility index (Phi) is 7.62. The normalized spacial score (nSPS) is 10.2. The Bertz CT molecular complexity index is 451. The van der Waals surface area contributed by atoms with Crippen LogP contribution in [0.25, 0.3) is 0 Å². The lowest BCUT2D eigenvalue weighted by atomic mass is 10.2. The Morgan fingerprint density at radius 1 is 1.25 bits per heavy atom. The second-order valence-electron chi connectivity index (χ2n) is 4.45. The van der Waals surface area contributed by atoms with Crippen molar-refractivity contribution in [3.05, 3.63) is 29.3 Å². The van der Waals surface area contributed by atoms with E-state index in [1.54, 1.807) is 31.3 Å². The molecule has 110 valence electrons. The second-order valence-corrected chi connectivity index (χ2v) is 5.68. The highest BCUT2D eigenvalue weighted by atomic mass is 79.9. The van der Waals surface area contributed by atoms with Gasteiger partial charge in [-0.2, -0.15) is 0 Å². The van der Waals surface area contributed by atoms with Crippen LogP contribution in [0.1, 0.15) is 19.3 Å². The molecule has 0 aromatic heterocycles. The van der Waals surface area contributed by atoms with Crippen LogP contribution in [0, 0.1) is 0 Å². The summed E-state index contributed by atoms with van der Waals surface area (Å²) in [6.45, 7) is 0.0514. The highest BCUT2D eigenvalue weighted by Crippen LogP contribution is 2.13. The minimum absolute atomic E-state index is 0.0165. The van der Waals surface area contributed by atoms with Crippen LogP contribution in [-0.4, -0.2) is 35.6 Å². The summed E-state index contributed by atoms with van der Waals surface area (Å²) >= 11 is 9.09. The molecular formula is C14H18BrClN2O2. The number of likely N-dealkylation sites (N-methyl/N-ethyl adjacent to an activating group) is 1. The van der Waals surface area contributed by atoms with E-state index in [-0.39, 0.29) is 18.4 Å². The smallest absolute Gasteiger partial charge is 0.243 e. The van der Waals surface area contributed by atoms with E-state index < -0.39 is 0 Å². The fourth-order valence-electron chi connectivity index (χ4n) is 1.60. The summed E-state index contributed by atoms with van der Waals surface area (Å²) in [5.74, 6) is -0.235. The fraction of sp³-hybridized carbons (Fsp3) is 0.429. The van der Waals surface area contributed by atoms with E-state index in [2.05, 4.69) is 21.2 Å². The molecular weight excluding hydrogens is 344 g/mol. The van der Waals surface area contributed by atoms with Gasteiger partial charge in [0.05, 0.1) is 6.54 Å². The predicted molar refractivity (Wildman–Crippen MR) is 85.4 cm³/mol. The molecule has 0 aliphatic heterocycles. The number of unbranched alkanes of at least 4 members (excludes halogenated alkanes) is 1. The first-order valence-corrected chi connectivity index (χ1v) is 7.88. The van der Waals surface area contributed by atoms with Gasteiger partial charge in [0, 0.05) is 29.5 Å². The van der Waals surface area contributed by atoms with Crippen LogP contribution in [0.4, 0.5) is 5.69 Å². The highest BCUT2D eigenvalue weighted by molar-refractivity contribution is 9.09. The van der Waals surface area contributed by atoms with E-state index >= 15 is 0 Å². The number of amides is 2. The van der Waals surface area contributed by atoms with Gasteiger partial charge in [-0.1, -0.05) is 27.5 Å². The molecule has 0 saturated heterocycles. The van der Waals surface area contributed by atoms with Crippen LogP contribution in [0.2, 0.25) is 5.02 Å². The van der Waals surface area contributed by atoms with Crippen LogP contribution < -0.4 is 5.32 Å². The van der Waals surface area contributed by atoms with Gasteiger partial charge in [0.2, 0.25) is 11.8 Å².